The average molecular weight is 372 g/mol. The molecule has 0 spiro atoms. The van der Waals surface area contributed by atoms with Gasteiger partial charge in [-0.2, -0.15) is 5.10 Å². The fourth-order valence-corrected chi connectivity index (χ4v) is 3.85. The summed E-state index contributed by atoms with van der Waals surface area (Å²) >= 11 is 0. The maximum Gasteiger partial charge on any atom is 0.326 e. The van der Waals surface area contributed by atoms with Crippen molar-refractivity contribution in [2.45, 2.75) is 45.3 Å². The van der Waals surface area contributed by atoms with Gasteiger partial charge in [0.25, 0.3) is 11.5 Å². The molecule has 27 heavy (non-hydrogen) atoms. The topological polar surface area (TPSA) is 107 Å². The molecule has 0 unspecified atom stereocenters. The summed E-state index contributed by atoms with van der Waals surface area (Å²) in [4.78, 5) is 44.1. The normalized spacial score (nSPS) is 18.1. The van der Waals surface area contributed by atoms with Crippen LogP contribution in [0.25, 0.3) is 0 Å². The summed E-state index contributed by atoms with van der Waals surface area (Å²) in [5, 5.41) is 4.69. The molecule has 2 aliphatic heterocycles. The third-order valence-electron chi connectivity index (χ3n) is 5.21. The van der Waals surface area contributed by atoms with E-state index >= 15 is 0 Å². The Morgan fingerprint density at radius 1 is 1.00 bits per heavy atom. The van der Waals surface area contributed by atoms with Crippen LogP contribution in [0.15, 0.2) is 21.7 Å². The van der Waals surface area contributed by atoms with Crippen molar-refractivity contribution in [2.75, 3.05) is 19.6 Å². The van der Waals surface area contributed by atoms with Crippen LogP contribution in [0.5, 0.6) is 0 Å². The molecule has 2 aromatic heterocycles. The SMILES string of the molecule is O=C(c1cc(=O)[nH]c(=O)[nH]1)N1CCn2nc(CN3CCCCCC3)cc2C1. The number of aromatic amines is 2. The average Bonchev–Trinajstić information content (AvgIpc) is 2.85. The van der Waals surface area contributed by atoms with Crippen molar-refractivity contribution in [3.8, 4) is 0 Å². The minimum atomic E-state index is -0.673. The fraction of sp³-hybridized carbons (Fsp3) is 0.556. The van der Waals surface area contributed by atoms with Gasteiger partial charge in [0.05, 0.1) is 24.5 Å². The van der Waals surface area contributed by atoms with Crippen molar-refractivity contribution < 1.29 is 4.79 Å². The standard InChI is InChI=1S/C18H24N6O3/c25-16-10-15(19-18(27)20-16)17(26)23-7-8-24-14(12-23)9-13(21-24)11-22-5-3-1-2-4-6-22/h9-10H,1-8,11-12H2,(H2,19,20,25,27). The lowest BCUT2D eigenvalue weighted by Gasteiger charge is -2.27. The van der Waals surface area contributed by atoms with Crippen LogP contribution in [0, 0.1) is 0 Å². The number of likely N-dealkylation sites (tertiary alicyclic amines) is 1. The smallest absolute Gasteiger partial charge is 0.326 e. The van der Waals surface area contributed by atoms with Crippen molar-refractivity contribution in [1.82, 2.24) is 29.5 Å². The quantitative estimate of drug-likeness (QED) is 0.805. The van der Waals surface area contributed by atoms with Crippen LogP contribution in [-0.2, 0) is 19.6 Å². The molecule has 9 heteroatoms. The molecule has 2 aromatic rings. The Kier molecular flexibility index (Phi) is 4.93. The van der Waals surface area contributed by atoms with Crippen LogP contribution in [0.1, 0.15) is 47.6 Å². The Balaban J connectivity index is 1.46. The summed E-state index contributed by atoms with van der Waals surface area (Å²) in [6, 6.07) is 3.19. The minimum absolute atomic E-state index is 0.0153. The molecule has 9 nitrogen and oxygen atoms in total. The largest absolute Gasteiger partial charge is 0.330 e. The Hall–Kier alpha value is -2.68. The Bertz CT molecular complexity index is 907. The van der Waals surface area contributed by atoms with E-state index in [1.807, 2.05) is 4.68 Å². The van der Waals surface area contributed by atoms with Crippen molar-refractivity contribution >= 4 is 5.91 Å². The minimum Gasteiger partial charge on any atom is -0.330 e. The summed E-state index contributed by atoms with van der Waals surface area (Å²) < 4.78 is 1.96. The van der Waals surface area contributed by atoms with Gasteiger partial charge in [-0.25, -0.2) is 4.79 Å². The van der Waals surface area contributed by atoms with E-state index in [-0.39, 0.29) is 11.6 Å². The highest BCUT2D eigenvalue weighted by Gasteiger charge is 2.24. The van der Waals surface area contributed by atoms with E-state index in [0.717, 1.165) is 37.1 Å². The Morgan fingerprint density at radius 2 is 1.78 bits per heavy atom. The number of H-pyrrole nitrogens is 2. The van der Waals surface area contributed by atoms with Gasteiger partial charge in [-0.3, -0.25) is 24.2 Å². The molecule has 0 aromatic carbocycles. The molecule has 1 saturated heterocycles. The molecule has 0 radical (unpaired) electrons. The van der Waals surface area contributed by atoms with Gasteiger partial charge in [-0.15, -0.1) is 0 Å². The number of aromatic nitrogens is 4. The fourth-order valence-electron chi connectivity index (χ4n) is 3.85. The molecule has 1 fully saturated rings. The van der Waals surface area contributed by atoms with E-state index < -0.39 is 11.2 Å². The van der Waals surface area contributed by atoms with Crippen molar-refractivity contribution in [3.05, 3.63) is 50.1 Å². The van der Waals surface area contributed by atoms with E-state index in [4.69, 9.17) is 5.10 Å². The molecule has 0 atom stereocenters. The van der Waals surface area contributed by atoms with E-state index in [9.17, 15) is 14.4 Å². The van der Waals surface area contributed by atoms with Crippen LogP contribution in [0.3, 0.4) is 0 Å². The molecule has 2 aliphatic rings. The Labute approximate surface area is 156 Å². The number of nitrogens with zero attached hydrogens (tertiary/aromatic N) is 4. The van der Waals surface area contributed by atoms with E-state index in [1.54, 1.807) is 4.90 Å². The molecule has 0 saturated carbocycles. The van der Waals surface area contributed by atoms with Crippen LogP contribution in [-0.4, -0.2) is 55.1 Å². The lowest BCUT2D eigenvalue weighted by Crippen LogP contribution is -2.40. The second-order valence-electron chi connectivity index (χ2n) is 7.27. The summed E-state index contributed by atoms with van der Waals surface area (Å²) in [6.45, 7) is 4.58. The van der Waals surface area contributed by atoms with Crippen molar-refractivity contribution in [3.63, 3.8) is 0 Å². The van der Waals surface area contributed by atoms with Gasteiger partial charge in [0.2, 0.25) is 0 Å². The summed E-state index contributed by atoms with van der Waals surface area (Å²) in [5.74, 6) is -0.347. The Morgan fingerprint density at radius 3 is 2.52 bits per heavy atom. The molecule has 2 N–H and O–H groups in total. The highest BCUT2D eigenvalue weighted by molar-refractivity contribution is 5.92. The predicted molar refractivity (Wildman–Crippen MR) is 98.4 cm³/mol. The third kappa shape index (κ3) is 4.02. The van der Waals surface area contributed by atoms with Crippen LogP contribution < -0.4 is 11.2 Å². The molecular weight excluding hydrogens is 348 g/mol. The number of hydrogen-bond acceptors (Lipinski definition) is 5. The third-order valence-corrected chi connectivity index (χ3v) is 5.21. The number of carbonyl (C=O) groups excluding carboxylic acids is 1. The lowest BCUT2D eigenvalue weighted by atomic mass is 10.2. The number of rotatable bonds is 3. The summed E-state index contributed by atoms with van der Waals surface area (Å²) in [7, 11) is 0. The maximum atomic E-state index is 12.6. The van der Waals surface area contributed by atoms with Gasteiger partial charge in [0.1, 0.15) is 5.69 Å². The molecule has 0 aliphatic carbocycles. The van der Waals surface area contributed by atoms with Crippen LogP contribution in [0.4, 0.5) is 0 Å². The zero-order valence-electron chi connectivity index (χ0n) is 15.2. The second-order valence-corrected chi connectivity index (χ2v) is 7.27. The first-order valence-corrected chi connectivity index (χ1v) is 9.49. The first-order valence-electron chi connectivity index (χ1n) is 9.49. The van der Waals surface area contributed by atoms with Crippen molar-refractivity contribution in [2.24, 2.45) is 0 Å². The molecule has 1 amide bonds. The van der Waals surface area contributed by atoms with Gasteiger partial charge < -0.3 is 9.88 Å². The number of amides is 1. The zero-order valence-corrected chi connectivity index (χ0v) is 15.2. The van der Waals surface area contributed by atoms with Crippen molar-refractivity contribution in [1.29, 1.82) is 0 Å². The van der Waals surface area contributed by atoms with Crippen LogP contribution >= 0.6 is 0 Å². The molecule has 4 rings (SSSR count). The summed E-state index contributed by atoms with van der Waals surface area (Å²) in [6.07, 6.45) is 5.09. The van der Waals surface area contributed by atoms with Gasteiger partial charge in [0, 0.05) is 19.2 Å². The zero-order chi connectivity index (χ0) is 18.8. The molecule has 4 heterocycles. The number of hydrogen-bond donors (Lipinski definition) is 2. The lowest BCUT2D eigenvalue weighted by molar-refractivity contribution is 0.0699. The number of carbonyl (C=O) groups is 1. The molecule has 0 bridgehead atoms. The number of nitrogens with one attached hydrogen (secondary N) is 2. The highest BCUT2D eigenvalue weighted by Crippen LogP contribution is 2.18. The van der Waals surface area contributed by atoms with Gasteiger partial charge >= 0.3 is 5.69 Å². The first kappa shape index (κ1) is 17.7. The molecule has 144 valence electrons. The molecular formula is C18H24N6O3. The number of fused-ring (bicyclic) bond motifs is 1. The first-order chi connectivity index (χ1) is 13.1. The predicted octanol–water partition coefficient (Wildman–Crippen LogP) is 0.292. The van der Waals surface area contributed by atoms with Gasteiger partial charge in [-0.05, 0) is 32.0 Å². The summed E-state index contributed by atoms with van der Waals surface area (Å²) in [5.41, 5.74) is 0.774. The maximum absolute atomic E-state index is 12.6. The van der Waals surface area contributed by atoms with Gasteiger partial charge in [0.15, 0.2) is 0 Å². The highest BCUT2D eigenvalue weighted by atomic mass is 16.2. The van der Waals surface area contributed by atoms with E-state index in [0.29, 0.717) is 19.6 Å². The van der Waals surface area contributed by atoms with Crippen LogP contribution in [0.2, 0.25) is 0 Å². The second kappa shape index (κ2) is 7.51. The van der Waals surface area contributed by atoms with E-state index in [2.05, 4.69) is 20.9 Å². The monoisotopic (exact) mass is 372 g/mol. The van der Waals surface area contributed by atoms with E-state index in [1.165, 1.54) is 25.7 Å². The van der Waals surface area contributed by atoms with Gasteiger partial charge in [-0.1, -0.05) is 12.8 Å².